The van der Waals surface area contributed by atoms with E-state index in [1.807, 2.05) is 12.1 Å². The maximum atomic E-state index is 12.9. The SMILES string of the molecule is CC1C(=O)N(CCC(NC(=O)OCc2ccccc2)C(=O)O)C(=O)N1c1ccc(C#N)cc1. The van der Waals surface area contributed by atoms with Crippen LogP contribution in [0.5, 0.6) is 0 Å². The molecule has 4 amide bonds. The summed E-state index contributed by atoms with van der Waals surface area (Å²) in [6, 6.07) is 14.3. The van der Waals surface area contributed by atoms with Gasteiger partial charge < -0.3 is 15.2 Å². The molecule has 1 aliphatic rings. The number of amides is 4. The first-order chi connectivity index (χ1) is 15.8. The minimum atomic E-state index is -1.35. The van der Waals surface area contributed by atoms with Crippen LogP contribution >= 0.6 is 0 Å². The van der Waals surface area contributed by atoms with Crippen molar-refractivity contribution in [2.45, 2.75) is 32.0 Å². The van der Waals surface area contributed by atoms with Crippen LogP contribution in [0, 0.1) is 11.3 Å². The average Bonchev–Trinajstić information content (AvgIpc) is 3.03. The molecule has 0 radical (unpaired) electrons. The Bertz CT molecular complexity index is 1080. The zero-order chi connectivity index (χ0) is 24.0. The molecular weight excluding hydrogens is 428 g/mol. The largest absolute Gasteiger partial charge is 0.480 e. The third-order valence-corrected chi connectivity index (χ3v) is 5.17. The summed E-state index contributed by atoms with van der Waals surface area (Å²) in [6.45, 7) is 1.33. The van der Waals surface area contributed by atoms with E-state index in [0.29, 0.717) is 11.3 Å². The van der Waals surface area contributed by atoms with Crippen molar-refractivity contribution in [3.63, 3.8) is 0 Å². The van der Waals surface area contributed by atoms with Gasteiger partial charge in [-0.1, -0.05) is 30.3 Å². The van der Waals surface area contributed by atoms with Crippen LogP contribution in [-0.4, -0.2) is 52.6 Å². The number of carbonyl (C=O) groups excluding carboxylic acids is 3. The molecule has 3 rings (SSSR count). The Balaban J connectivity index is 1.60. The zero-order valence-electron chi connectivity index (χ0n) is 17.8. The van der Waals surface area contributed by atoms with Gasteiger partial charge in [0.1, 0.15) is 18.7 Å². The average molecular weight is 450 g/mol. The quantitative estimate of drug-likeness (QED) is 0.589. The third kappa shape index (κ3) is 5.46. The van der Waals surface area contributed by atoms with Crippen LogP contribution in [0.3, 0.4) is 0 Å². The summed E-state index contributed by atoms with van der Waals surface area (Å²) in [5, 5.41) is 20.6. The molecule has 0 saturated carbocycles. The van der Waals surface area contributed by atoms with Gasteiger partial charge in [0.25, 0.3) is 5.91 Å². The topological polar surface area (TPSA) is 140 Å². The van der Waals surface area contributed by atoms with E-state index in [9.17, 15) is 24.3 Å². The number of rotatable bonds is 8. The van der Waals surface area contributed by atoms with Gasteiger partial charge in [-0.3, -0.25) is 14.6 Å². The highest BCUT2D eigenvalue weighted by Crippen LogP contribution is 2.26. The lowest BCUT2D eigenvalue weighted by Gasteiger charge is -2.20. The molecule has 170 valence electrons. The summed E-state index contributed by atoms with van der Waals surface area (Å²) in [5.74, 6) is -1.80. The van der Waals surface area contributed by atoms with Gasteiger partial charge in [-0.25, -0.2) is 14.4 Å². The van der Waals surface area contributed by atoms with E-state index in [1.54, 1.807) is 43.3 Å². The van der Waals surface area contributed by atoms with Gasteiger partial charge >= 0.3 is 18.1 Å². The van der Waals surface area contributed by atoms with Gasteiger partial charge in [0.2, 0.25) is 0 Å². The van der Waals surface area contributed by atoms with Crippen molar-refractivity contribution in [3.8, 4) is 6.07 Å². The number of hydrogen-bond acceptors (Lipinski definition) is 6. The van der Waals surface area contributed by atoms with E-state index >= 15 is 0 Å². The fourth-order valence-electron chi connectivity index (χ4n) is 3.39. The Morgan fingerprint density at radius 3 is 2.42 bits per heavy atom. The summed E-state index contributed by atoms with van der Waals surface area (Å²) in [5.41, 5.74) is 1.60. The molecule has 1 aliphatic heterocycles. The Morgan fingerprint density at radius 2 is 1.82 bits per heavy atom. The highest BCUT2D eigenvalue weighted by molar-refractivity contribution is 6.14. The second kappa shape index (κ2) is 10.3. The Hall–Kier alpha value is -4.39. The van der Waals surface area contributed by atoms with Gasteiger partial charge in [0, 0.05) is 12.2 Å². The number of nitrogens with zero attached hydrogens (tertiary/aromatic N) is 3. The number of carboxylic acids is 1. The lowest BCUT2D eigenvalue weighted by atomic mass is 10.2. The first kappa shape index (κ1) is 23.3. The third-order valence-electron chi connectivity index (χ3n) is 5.17. The molecule has 0 bridgehead atoms. The van der Waals surface area contributed by atoms with E-state index in [0.717, 1.165) is 10.5 Å². The van der Waals surface area contributed by atoms with Gasteiger partial charge in [0.05, 0.1) is 11.6 Å². The standard InChI is InChI=1S/C23H22N4O6/c1-15-20(28)26(23(32)27(15)18-9-7-16(13-24)8-10-18)12-11-19(21(29)30)25-22(31)33-14-17-5-3-2-4-6-17/h2-10,15,19H,11-12,14H2,1H3,(H,25,31)(H,29,30). The van der Waals surface area contributed by atoms with Crippen LogP contribution in [0.4, 0.5) is 15.3 Å². The number of nitrogens with one attached hydrogen (secondary N) is 1. The number of alkyl carbamates (subject to hydrolysis) is 1. The van der Waals surface area contributed by atoms with Crippen molar-refractivity contribution >= 4 is 29.7 Å². The number of hydrogen-bond donors (Lipinski definition) is 2. The van der Waals surface area contributed by atoms with Crippen molar-refractivity contribution in [1.82, 2.24) is 10.2 Å². The first-order valence-corrected chi connectivity index (χ1v) is 10.2. The van der Waals surface area contributed by atoms with E-state index < -0.39 is 36.1 Å². The molecule has 1 saturated heterocycles. The highest BCUT2D eigenvalue weighted by Gasteiger charge is 2.43. The summed E-state index contributed by atoms with van der Waals surface area (Å²) in [7, 11) is 0. The van der Waals surface area contributed by atoms with Crippen LogP contribution in [0.15, 0.2) is 54.6 Å². The maximum Gasteiger partial charge on any atom is 0.408 e. The monoisotopic (exact) mass is 450 g/mol. The minimum absolute atomic E-state index is 0.0286. The molecule has 10 heteroatoms. The number of urea groups is 1. The molecule has 33 heavy (non-hydrogen) atoms. The van der Waals surface area contributed by atoms with Gasteiger partial charge in [0.15, 0.2) is 0 Å². The van der Waals surface area contributed by atoms with E-state index in [1.165, 1.54) is 17.0 Å². The fourth-order valence-corrected chi connectivity index (χ4v) is 3.39. The van der Waals surface area contributed by atoms with Crippen LogP contribution in [0.25, 0.3) is 0 Å². The molecule has 2 aromatic carbocycles. The van der Waals surface area contributed by atoms with Crippen molar-refractivity contribution < 1.29 is 29.0 Å². The van der Waals surface area contributed by atoms with Crippen LogP contribution in [0.2, 0.25) is 0 Å². The molecule has 10 nitrogen and oxygen atoms in total. The predicted molar refractivity (Wildman–Crippen MR) is 116 cm³/mol. The Labute approximate surface area is 190 Å². The molecule has 2 atom stereocenters. The molecule has 0 spiro atoms. The highest BCUT2D eigenvalue weighted by atomic mass is 16.5. The van der Waals surface area contributed by atoms with E-state index in [-0.39, 0.29) is 19.6 Å². The number of ether oxygens (including phenoxy) is 1. The molecule has 2 N–H and O–H groups in total. The van der Waals surface area contributed by atoms with Crippen LogP contribution in [0.1, 0.15) is 24.5 Å². The van der Waals surface area contributed by atoms with Crippen molar-refractivity contribution in [2.75, 3.05) is 11.4 Å². The van der Waals surface area contributed by atoms with Gasteiger partial charge in [-0.2, -0.15) is 5.26 Å². The number of anilines is 1. The number of nitriles is 1. The molecule has 2 unspecified atom stereocenters. The maximum absolute atomic E-state index is 12.9. The molecule has 0 aromatic heterocycles. The zero-order valence-corrected chi connectivity index (χ0v) is 17.8. The number of benzene rings is 2. The van der Waals surface area contributed by atoms with E-state index in [4.69, 9.17) is 10.00 Å². The fraction of sp³-hybridized carbons (Fsp3) is 0.261. The van der Waals surface area contributed by atoms with Gasteiger partial charge in [-0.05, 0) is 43.2 Å². The Kier molecular flexibility index (Phi) is 7.25. The molecule has 1 fully saturated rings. The molecule has 0 aliphatic carbocycles. The van der Waals surface area contributed by atoms with Gasteiger partial charge in [-0.15, -0.1) is 0 Å². The first-order valence-electron chi connectivity index (χ1n) is 10.2. The summed E-state index contributed by atoms with van der Waals surface area (Å²) in [4.78, 5) is 51.3. The van der Waals surface area contributed by atoms with Crippen LogP contribution < -0.4 is 10.2 Å². The summed E-state index contributed by atoms with van der Waals surface area (Å²) in [6.07, 6.45) is -1.11. The van der Waals surface area contributed by atoms with Crippen molar-refractivity contribution in [1.29, 1.82) is 5.26 Å². The molecule has 2 aromatic rings. The summed E-state index contributed by atoms with van der Waals surface area (Å²) >= 11 is 0. The second-order valence-corrected chi connectivity index (χ2v) is 7.36. The van der Waals surface area contributed by atoms with E-state index in [2.05, 4.69) is 5.32 Å². The smallest absolute Gasteiger partial charge is 0.408 e. The molecule has 1 heterocycles. The minimum Gasteiger partial charge on any atom is -0.480 e. The lowest BCUT2D eigenvalue weighted by Crippen LogP contribution is -2.44. The normalized spacial score (nSPS) is 16.3. The Morgan fingerprint density at radius 1 is 1.15 bits per heavy atom. The van der Waals surface area contributed by atoms with Crippen LogP contribution in [-0.2, 0) is 20.9 Å². The summed E-state index contributed by atoms with van der Waals surface area (Å²) < 4.78 is 5.04. The van der Waals surface area contributed by atoms with Crippen molar-refractivity contribution in [3.05, 3.63) is 65.7 Å². The predicted octanol–water partition coefficient (Wildman–Crippen LogP) is 2.49. The molecular formula is C23H22N4O6. The lowest BCUT2D eigenvalue weighted by molar-refractivity contribution is -0.140. The number of carboxylic acid groups (broad SMARTS) is 1. The second-order valence-electron chi connectivity index (χ2n) is 7.36. The number of aliphatic carboxylic acids is 1. The number of imide groups is 1. The number of carbonyl (C=O) groups is 4. The van der Waals surface area contributed by atoms with Crippen molar-refractivity contribution in [2.24, 2.45) is 0 Å².